The van der Waals surface area contributed by atoms with Crippen LogP contribution in [0, 0.1) is 12.3 Å². The van der Waals surface area contributed by atoms with Crippen molar-refractivity contribution in [3.8, 4) is 11.4 Å². The van der Waals surface area contributed by atoms with Gasteiger partial charge in [0.25, 0.3) is 0 Å². The third-order valence-corrected chi connectivity index (χ3v) is 4.26. The first-order chi connectivity index (χ1) is 11.1. The molecule has 1 aromatic carbocycles. The molecule has 0 aliphatic carbocycles. The molecule has 132 valence electrons. The molecule has 0 radical (unpaired) electrons. The summed E-state index contributed by atoms with van der Waals surface area (Å²) in [5.74, 6) is 1.36. The van der Waals surface area contributed by atoms with Gasteiger partial charge in [-0.2, -0.15) is 13.2 Å². The van der Waals surface area contributed by atoms with Crippen molar-refractivity contribution in [3.05, 3.63) is 41.5 Å². The van der Waals surface area contributed by atoms with Gasteiger partial charge >= 0.3 is 6.18 Å². The predicted octanol–water partition coefficient (Wildman–Crippen LogP) is 4.88. The van der Waals surface area contributed by atoms with Crippen LogP contribution in [0.2, 0.25) is 0 Å². The molecule has 2 aromatic rings. The molecule has 0 saturated heterocycles. The van der Waals surface area contributed by atoms with E-state index >= 15 is 0 Å². The maximum absolute atomic E-state index is 13.2. The Labute approximate surface area is 140 Å². The molecule has 3 nitrogen and oxygen atoms in total. The minimum atomic E-state index is -4.27. The van der Waals surface area contributed by atoms with Gasteiger partial charge in [-0.05, 0) is 25.0 Å². The monoisotopic (exact) mass is 340 g/mol. The Morgan fingerprint density at radius 1 is 1.21 bits per heavy atom. The molecule has 0 aliphatic heterocycles. The van der Waals surface area contributed by atoms with Crippen molar-refractivity contribution in [1.29, 1.82) is 0 Å². The highest BCUT2D eigenvalue weighted by molar-refractivity contribution is 5.47. The first-order valence-corrected chi connectivity index (χ1v) is 7.88. The fourth-order valence-electron chi connectivity index (χ4n) is 2.68. The van der Waals surface area contributed by atoms with Gasteiger partial charge in [-0.15, -0.1) is 0 Å². The summed E-state index contributed by atoms with van der Waals surface area (Å²) in [5.41, 5.74) is 0.533. The second-order valence-corrected chi connectivity index (χ2v) is 6.56. The first-order valence-electron chi connectivity index (χ1n) is 7.88. The van der Waals surface area contributed by atoms with Crippen molar-refractivity contribution in [3.63, 3.8) is 0 Å². The highest BCUT2D eigenvalue weighted by Gasteiger charge is 2.47. The Bertz CT molecular complexity index is 718. The number of aromatic nitrogens is 2. The molecule has 0 bridgehead atoms. The van der Waals surface area contributed by atoms with Crippen molar-refractivity contribution in [2.24, 2.45) is 5.41 Å². The topological polar surface area (TPSA) is 27.1 Å². The number of hydrogen-bond acceptors (Lipinski definition) is 2. The Kier molecular flexibility index (Phi) is 4.97. The maximum atomic E-state index is 13.2. The Balaban J connectivity index is 2.44. The summed E-state index contributed by atoms with van der Waals surface area (Å²) in [6.45, 7) is 6.36. The van der Waals surface area contributed by atoms with Crippen LogP contribution >= 0.6 is 0 Å². The van der Waals surface area contributed by atoms with Crippen LogP contribution in [0.3, 0.4) is 0 Å². The van der Waals surface area contributed by atoms with Crippen LogP contribution in [-0.4, -0.2) is 22.8 Å². The third-order valence-electron chi connectivity index (χ3n) is 4.26. The SMILES string of the molecule is CCc1ncc(C)n1-c1ccc(CC(C)(C)C(F)(F)F)c(OC)c1. The number of benzene rings is 1. The molecule has 1 aromatic heterocycles. The molecule has 0 saturated carbocycles. The van der Waals surface area contributed by atoms with Crippen molar-refractivity contribution < 1.29 is 17.9 Å². The molecular formula is C18H23F3N2O. The Hall–Kier alpha value is -1.98. The van der Waals surface area contributed by atoms with Crippen molar-refractivity contribution in [2.75, 3.05) is 7.11 Å². The van der Waals surface area contributed by atoms with E-state index in [1.54, 1.807) is 18.3 Å². The van der Waals surface area contributed by atoms with Gasteiger partial charge in [0.1, 0.15) is 11.6 Å². The third kappa shape index (κ3) is 3.42. The van der Waals surface area contributed by atoms with Gasteiger partial charge in [0.15, 0.2) is 0 Å². The number of ether oxygens (including phenoxy) is 1. The van der Waals surface area contributed by atoms with Gasteiger partial charge in [-0.25, -0.2) is 4.98 Å². The number of nitrogens with zero attached hydrogens (tertiary/aromatic N) is 2. The van der Waals surface area contributed by atoms with Crippen LogP contribution < -0.4 is 4.74 Å². The standard InChI is InChI=1S/C18H23F3N2O/c1-6-16-22-11-12(2)23(16)14-8-7-13(15(9-14)24-5)10-17(3,4)18(19,20)21/h7-9,11H,6,10H2,1-5H3. The van der Waals surface area contributed by atoms with Crippen molar-refractivity contribution in [2.45, 2.75) is 46.7 Å². The van der Waals surface area contributed by atoms with E-state index in [1.165, 1.54) is 21.0 Å². The van der Waals surface area contributed by atoms with Crippen LogP contribution in [0.15, 0.2) is 24.4 Å². The number of methoxy groups -OCH3 is 1. The Morgan fingerprint density at radius 3 is 2.42 bits per heavy atom. The number of rotatable bonds is 5. The average Bonchev–Trinajstić information content (AvgIpc) is 2.87. The van der Waals surface area contributed by atoms with E-state index in [0.29, 0.717) is 11.3 Å². The van der Waals surface area contributed by atoms with Gasteiger partial charge in [0.2, 0.25) is 0 Å². The average molecular weight is 340 g/mol. The zero-order valence-electron chi connectivity index (χ0n) is 14.7. The zero-order valence-corrected chi connectivity index (χ0v) is 14.7. The van der Waals surface area contributed by atoms with Crippen molar-refractivity contribution >= 4 is 0 Å². The second kappa shape index (κ2) is 6.49. The summed E-state index contributed by atoms with van der Waals surface area (Å²) in [4.78, 5) is 4.35. The quantitative estimate of drug-likeness (QED) is 0.775. The van der Waals surface area contributed by atoms with Gasteiger partial charge in [0, 0.05) is 24.4 Å². The zero-order chi connectivity index (χ0) is 18.1. The summed E-state index contributed by atoms with van der Waals surface area (Å²) >= 11 is 0. The molecule has 0 atom stereocenters. The predicted molar refractivity (Wildman–Crippen MR) is 87.8 cm³/mol. The number of imidazole rings is 1. The molecule has 24 heavy (non-hydrogen) atoms. The fourth-order valence-corrected chi connectivity index (χ4v) is 2.68. The molecule has 0 spiro atoms. The molecular weight excluding hydrogens is 317 g/mol. The molecule has 0 amide bonds. The van der Waals surface area contributed by atoms with Gasteiger partial charge in [-0.1, -0.05) is 26.8 Å². The van der Waals surface area contributed by atoms with Crippen LogP contribution in [0.4, 0.5) is 13.2 Å². The van der Waals surface area contributed by atoms with E-state index in [0.717, 1.165) is 23.6 Å². The lowest BCUT2D eigenvalue weighted by Crippen LogP contribution is -2.34. The number of halogens is 3. The lowest BCUT2D eigenvalue weighted by molar-refractivity contribution is -0.211. The largest absolute Gasteiger partial charge is 0.496 e. The van der Waals surface area contributed by atoms with Crippen LogP contribution in [0.5, 0.6) is 5.75 Å². The van der Waals surface area contributed by atoms with E-state index < -0.39 is 11.6 Å². The van der Waals surface area contributed by atoms with E-state index in [1.807, 2.05) is 24.5 Å². The highest BCUT2D eigenvalue weighted by atomic mass is 19.4. The summed E-state index contributed by atoms with van der Waals surface area (Å²) in [7, 11) is 1.48. The maximum Gasteiger partial charge on any atom is 0.394 e. The number of hydrogen-bond donors (Lipinski definition) is 0. The molecule has 0 unspecified atom stereocenters. The number of alkyl halides is 3. The normalized spacial score (nSPS) is 12.5. The van der Waals surface area contributed by atoms with Crippen LogP contribution in [-0.2, 0) is 12.8 Å². The molecule has 0 N–H and O–H groups in total. The molecule has 0 aliphatic rings. The van der Waals surface area contributed by atoms with Crippen LogP contribution in [0.25, 0.3) is 5.69 Å². The fraction of sp³-hybridized carbons (Fsp3) is 0.500. The first kappa shape index (κ1) is 18.4. The second-order valence-electron chi connectivity index (χ2n) is 6.56. The summed E-state index contributed by atoms with van der Waals surface area (Å²) in [6, 6.07) is 5.30. The minimum Gasteiger partial charge on any atom is -0.496 e. The van der Waals surface area contributed by atoms with Crippen molar-refractivity contribution in [1.82, 2.24) is 9.55 Å². The molecule has 2 rings (SSSR count). The molecule has 1 heterocycles. The van der Waals surface area contributed by atoms with Gasteiger partial charge < -0.3 is 9.30 Å². The summed E-state index contributed by atoms with van der Waals surface area (Å²) in [5, 5.41) is 0. The van der Waals surface area contributed by atoms with Crippen LogP contribution in [0.1, 0.15) is 37.9 Å². The number of aryl methyl sites for hydroxylation is 2. The molecule has 6 heteroatoms. The minimum absolute atomic E-state index is 0.135. The molecule has 0 fully saturated rings. The summed E-state index contributed by atoms with van der Waals surface area (Å²) < 4.78 is 46.8. The van der Waals surface area contributed by atoms with E-state index in [4.69, 9.17) is 4.74 Å². The lowest BCUT2D eigenvalue weighted by Gasteiger charge is -2.28. The van der Waals surface area contributed by atoms with E-state index in [2.05, 4.69) is 4.98 Å². The van der Waals surface area contributed by atoms with Gasteiger partial charge in [-0.3, -0.25) is 0 Å². The summed E-state index contributed by atoms with van der Waals surface area (Å²) in [6.07, 6.45) is -1.86. The lowest BCUT2D eigenvalue weighted by atomic mass is 9.84. The van der Waals surface area contributed by atoms with E-state index in [9.17, 15) is 13.2 Å². The smallest absolute Gasteiger partial charge is 0.394 e. The van der Waals surface area contributed by atoms with Gasteiger partial charge in [0.05, 0.1) is 18.2 Å². The highest BCUT2D eigenvalue weighted by Crippen LogP contribution is 2.42. The van der Waals surface area contributed by atoms with E-state index in [-0.39, 0.29) is 6.42 Å². The Morgan fingerprint density at radius 2 is 1.88 bits per heavy atom.